The number of carbonyl (C=O) groups is 1. The molecule has 1 amide bonds. The molecule has 1 aliphatic rings. The van der Waals surface area contributed by atoms with Gasteiger partial charge in [-0.25, -0.2) is 4.98 Å². The molecule has 3 N–H and O–H groups in total. The molecule has 0 bridgehead atoms. The van der Waals surface area contributed by atoms with Crippen molar-refractivity contribution in [1.82, 2.24) is 4.98 Å². The monoisotopic (exact) mass is 219 g/mol. The van der Waals surface area contributed by atoms with Crippen molar-refractivity contribution in [2.45, 2.75) is 38.6 Å². The van der Waals surface area contributed by atoms with Gasteiger partial charge in [-0.05, 0) is 50.8 Å². The number of hydrogen-bond acceptors (Lipinski definition) is 3. The van der Waals surface area contributed by atoms with E-state index in [1.165, 1.54) is 0 Å². The van der Waals surface area contributed by atoms with Gasteiger partial charge in [-0.3, -0.25) is 4.79 Å². The number of hydrogen-bond donors (Lipinski definition) is 2. The van der Waals surface area contributed by atoms with Crippen molar-refractivity contribution in [1.29, 1.82) is 0 Å². The van der Waals surface area contributed by atoms with Crippen LogP contribution in [0.1, 0.15) is 30.5 Å². The third-order valence-corrected chi connectivity index (χ3v) is 3.04. The summed E-state index contributed by atoms with van der Waals surface area (Å²) in [6.45, 7) is 3.89. The molecule has 1 heterocycles. The maximum absolute atomic E-state index is 11.9. The van der Waals surface area contributed by atoms with Gasteiger partial charge >= 0.3 is 0 Å². The summed E-state index contributed by atoms with van der Waals surface area (Å²) < 4.78 is 0. The normalized spacial score (nSPS) is 17.7. The number of rotatable bonds is 2. The number of aromatic nitrogens is 1. The summed E-state index contributed by atoms with van der Waals surface area (Å²) in [5, 5.41) is 2.79. The third kappa shape index (κ3) is 2.07. The van der Waals surface area contributed by atoms with Crippen LogP contribution in [0.2, 0.25) is 0 Å². The molecule has 4 heteroatoms. The molecule has 4 nitrogen and oxygen atoms in total. The number of aryl methyl sites for hydroxylation is 2. The van der Waals surface area contributed by atoms with Crippen molar-refractivity contribution in [2.75, 3.05) is 5.32 Å². The van der Waals surface area contributed by atoms with Crippen molar-refractivity contribution >= 4 is 11.7 Å². The number of nitrogens with zero attached hydrogens (tertiary/aromatic N) is 1. The van der Waals surface area contributed by atoms with Crippen LogP contribution in [0.25, 0.3) is 0 Å². The van der Waals surface area contributed by atoms with Crippen LogP contribution in [0, 0.1) is 13.8 Å². The van der Waals surface area contributed by atoms with Crippen molar-refractivity contribution < 1.29 is 4.79 Å². The van der Waals surface area contributed by atoms with Crippen molar-refractivity contribution in [3.05, 3.63) is 23.4 Å². The summed E-state index contributed by atoms with van der Waals surface area (Å²) in [6.07, 6.45) is 2.57. The Bertz CT molecular complexity index is 404. The van der Waals surface area contributed by atoms with Crippen molar-refractivity contribution in [2.24, 2.45) is 5.73 Å². The largest absolute Gasteiger partial charge is 0.317 e. The molecule has 0 atom stereocenters. The molecule has 0 radical (unpaired) electrons. The minimum Gasteiger partial charge on any atom is -0.317 e. The zero-order valence-electron chi connectivity index (χ0n) is 9.71. The maximum Gasteiger partial charge on any atom is 0.245 e. The molecular formula is C12H17N3O. The lowest BCUT2D eigenvalue weighted by molar-refractivity contribution is -0.123. The Morgan fingerprint density at radius 3 is 2.62 bits per heavy atom. The number of carbonyl (C=O) groups excluding carboxylic acids is 1. The minimum absolute atomic E-state index is 0.115. The molecule has 1 aromatic heterocycles. The predicted molar refractivity (Wildman–Crippen MR) is 63.1 cm³/mol. The van der Waals surface area contributed by atoms with Gasteiger partial charge < -0.3 is 11.1 Å². The number of nitrogens with one attached hydrogen (secondary N) is 1. The molecular weight excluding hydrogens is 202 g/mol. The highest BCUT2D eigenvalue weighted by Crippen LogP contribution is 2.30. The zero-order chi connectivity index (χ0) is 11.8. The summed E-state index contributed by atoms with van der Waals surface area (Å²) in [5.74, 6) is 0.482. The van der Waals surface area contributed by atoms with E-state index in [0.29, 0.717) is 5.82 Å². The molecule has 2 rings (SSSR count). The molecule has 86 valence electrons. The Morgan fingerprint density at radius 2 is 2.12 bits per heavy atom. The molecule has 0 unspecified atom stereocenters. The molecule has 0 saturated heterocycles. The lowest BCUT2D eigenvalue weighted by Gasteiger charge is -2.36. The van der Waals surface area contributed by atoms with Crippen LogP contribution >= 0.6 is 0 Å². The van der Waals surface area contributed by atoms with Crippen LogP contribution in [-0.4, -0.2) is 16.4 Å². The van der Waals surface area contributed by atoms with Crippen LogP contribution in [0.3, 0.4) is 0 Å². The van der Waals surface area contributed by atoms with E-state index in [1.54, 1.807) is 0 Å². The quantitative estimate of drug-likeness (QED) is 0.792. The summed E-state index contributed by atoms with van der Waals surface area (Å²) in [6, 6.07) is 3.82. The fourth-order valence-corrected chi connectivity index (χ4v) is 1.93. The van der Waals surface area contributed by atoms with E-state index in [-0.39, 0.29) is 5.91 Å². The van der Waals surface area contributed by atoms with E-state index >= 15 is 0 Å². The first-order valence-electron chi connectivity index (χ1n) is 5.55. The summed E-state index contributed by atoms with van der Waals surface area (Å²) in [4.78, 5) is 16.1. The molecule has 1 aromatic rings. The average Bonchev–Trinajstić information content (AvgIpc) is 2.12. The average molecular weight is 219 g/mol. The zero-order valence-corrected chi connectivity index (χ0v) is 9.71. The fraction of sp³-hybridized carbons (Fsp3) is 0.500. The predicted octanol–water partition coefficient (Wildman–Crippen LogP) is 1.52. The second-order valence-corrected chi connectivity index (χ2v) is 4.63. The standard InChI is InChI=1S/C12H17N3O/c1-8-6-9(2)14-10(7-8)15-11(16)12(13)4-3-5-12/h6-7H,3-5,13H2,1-2H3,(H,14,15,16). The van der Waals surface area contributed by atoms with Gasteiger partial charge in [0, 0.05) is 5.69 Å². The van der Waals surface area contributed by atoms with Crippen molar-refractivity contribution in [3.8, 4) is 0 Å². The highest BCUT2D eigenvalue weighted by molar-refractivity contribution is 5.98. The lowest BCUT2D eigenvalue weighted by atomic mass is 9.77. The van der Waals surface area contributed by atoms with Crippen LogP contribution in [-0.2, 0) is 4.79 Å². The number of nitrogens with two attached hydrogens (primary N) is 1. The number of amides is 1. The first-order chi connectivity index (χ1) is 7.49. The van der Waals surface area contributed by atoms with Crippen LogP contribution < -0.4 is 11.1 Å². The molecule has 0 aromatic carbocycles. The molecule has 1 fully saturated rings. The Labute approximate surface area is 95.3 Å². The van der Waals surface area contributed by atoms with E-state index < -0.39 is 5.54 Å². The highest BCUT2D eigenvalue weighted by atomic mass is 16.2. The van der Waals surface area contributed by atoms with Gasteiger partial charge in [0.25, 0.3) is 0 Å². The van der Waals surface area contributed by atoms with Gasteiger partial charge in [0.15, 0.2) is 0 Å². The second-order valence-electron chi connectivity index (χ2n) is 4.63. The summed E-state index contributed by atoms with van der Waals surface area (Å²) >= 11 is 0. The Hall–Kier alpha value is -1.42. The van der Waals surface area contributed by atoms with Crippen LogP contribution in [0.15, 0.2) is 12.1 Å². The Kier molecular flexibility index (Phi) is 2.68. The first kappa shape index (κ1) is 11.1. The van der Waals surface area contributed by atoms with Crippen LogP contribution in [0.5, 0.6) is 0 Å². The van der Waals surface area contributed by atoms with Gasteiger partial charge in [0.05, 0.1) is 5.54 Å². The first-order valence-corrected chi connectivity index (χ1v) is 5.55. The van der Waals surface area contributed by atoms with E-state index in [1.807, 2.05) is 26.0 Å². The van der Waals surface area contributed by atoms with E-state index in [2.05, 4.69) is 10.3 Å². The van der Waals surface area contributed by atoms with E-state index in [0.717, 1.165) is 30.5 Å². The van der Waals surface area contributed by atoms with Gasteiger partial charge in [-0.1, -0.05) is 0 Å². The third-order valence-electron chi connectivity index (χ3n) is 3.04. The van der Waals surface area contributed by atoms with Crippen molar-refractivity contribution in [3.63, 3.8) is 0 Å². The Balaban J connectivity index is 2.11. The molecule has 1 aliphatic carbocycles. The minimum atomic E-state index is -0.667. The highest BCUT2D eigenvalue weighted by Gasteiger charge is 2.40. The van der Waals surface area contributed by atoms with Gasteiger partial charge in [0.2, 0.25) is 5.91 Å². The van der Waals surface area contributed by atoms with E-state index in [9.17, 15) is 4.79 Å². The van der Waals surface area contributed by atoms with Gasteiger partial charge in [0.1, 0.15) is 5.82 Å². The molecule has 0 aliphatic heterocycles. The van der Waals surface area contributed by atoms with Crippen LogP contribution in [0.4, 0.5) is 5.82 Å². The smallest absolute Gasteiger partial charge is 0.245 e. The number of pyridine rings is 1. The second kappa shape index (κ2) is 3.87. The Morgan fingerprint density at radius 1 is 1.44 bits per heavy atom. The fourth-order valence-electron chi connectivity index (χ4n) is 1.93. The lowest BCUT2D eigenvalue weighted by Crippen LogP contribution is -2.56. The van der Waals surface area contributed by atoms with Gasteiger partial charge in [-0.15, -0.1) is 0 Å². The molecule has 1 saturated carbocycles. The summed E-state index contributed by atoms with van der Waals surface area (Å²) in [7, 11) is 0. The maximum atomic E-state index is 11.9. The molecule has 0 spiro atoms. The summed E-state index contributed by atoms with van der Waals surface area (Å²) in [5.41, 5.74) is 7.25. The number of anilines is 1. The topological polar surface area (TPSA) is 68.0 Å². The molecule has 16 heavy (non-hydrogen) atoms. The van der Waals surface area contributed by atoms with E-state index in [4.69, 9.17) is 5.73 Å². The van der Waals surface area contributed by atoms with Gasteiger partial charge in [-0.2, -0.15) is 0 Å². The SMILES string of the molecule is Cc1cc(C)nc(NC(=O)C2(N)CCC2)c1.